The van der Waals surface area contributed by atoms with Crippen LogP contribution < -0.4 is 0 Å². The van der Waals surface area contributed by atoms with Gasteiger partial charge in [-0.1, -0.05) is 18.9 Å². The van der Waals surface area contributed by atoms with Crippen molar-refractivity contribution in [2.24, 2.45) is 0 Å². The van der Waals surface area contributed by atoms with Crippen LogP contribution in [0.1, 0.15) is 74.1 Å². The van der Waals surface area contributed by atoms with E-state index in [-0.39, 0.29) is 12.5 Å². The molecule has 2 amide bonds. The highest BCUT2D eigenvalue weighted by molar-refractivity contribution is 5.94. The van der Waals surface area contributed by atoms with Gasteiger partial charge in [-0.15, -0.1) is 6.58 Å². The second kappa shape index (κ2) is 10.8. The Morgan fingerprint density at radius 1 is 1.07 bits per heavy atom. The monoisotopic (exact) mass is 427 g/mol. The lowest BCUT2D eigenvalue weighted by molar-refractivity contribution is -0.161. The maximum absolute atomic E-state index is 13.0. The Hall–Kier alpha value is -2.09. The summed E-state index contributed by atoms with van der Waals surface area (Å²) in [7, 11) is 0. The van der Waals surface area contributed by atoms with E-state index in [4.69, 9.17) is 18.9 Å². The van der Waals surface area contributed by atoms with Gasteiger partial charge in [0, 0.05) is 0 Å². The average molecular weight is 428 g/mol. The summed E-state index contributed by atoms with van der Waals surface area (Å²) >= 11 is 0. The molecule has 1 aliphatic rings. The summed E-state index contributed by atoms with van der Waals surface area (Å²) in [6.45, 7) is 15.8. The number of carbonyl (C=O) groups is 3. The Balaban J connectivity index is 3.16. The maximum Gasteiger partial charge on any atom is 0.420 e. The smallest absolute Gasteiger partial charge is 0.420 e. The van der Waals surface area contributed by atoms with Crippen LogP contribution in [-0.4, -0.2) is 59.1 Å². The summed E-state index contributed by atoms with van der Waals surface area (Å²) in [5.41, 5.74) is -1.70. The molecule has 1 fully saturated rings. The van der Waals surface area contributed by atoms with Crippen molar-refractivity contribution in [1.29, 1.82) is 0 Å². The molecule has 1 heterocycles. The molecule has 8 heteroatoms. The van der Waals surface area contributed by atoms with Crippen LogP contribution in [0, 0.1) is 0 Å². The van der Waals surface area contributed by atoms with Crippen molar-refractivity contribution in [3.05, 3.63) is 12.7 Å². The summed E-state index contributed by atoms with van der Waals surface area (Å²) < 4.78 is 22.1. The third-order valence-electron chi connectivity index (χ3n) is 4.23. The molecule has 0 radical (unpaired) electrons. The normalized spacial score (nSPS) is 23.3. The quantitative estimate of drug-likeness (QED) is 0.368. The van der Waals surface area contributed by atoms with Gasteiger partial charge in [-0.2, -0.15) is 4.90 Å². The molecule has 2 unspecified atom stereocenters. The van der Waals surface area contributed by atoms with Crippen LogP contribution in [0.25, 0.3) is 0 Å². The molecule has 1 saturated heterocycles. The molecule has 0 N–H and O–H groups in total. The van der Waals surface area contributed by atoms with Gasteiger partial charge >= 0.3 is 18.2 Å². The van der Waals surface area contributed by atoms with Gasteiger partial charge in [0.1, 0.15) is 23.3 Å². The van der Waals surface area contributed by atoms with Gasteiger partial charge < -0.3 is 18.9 Å². The zero-order valence-electron chi connectivity index (χ0n) is 19.4. The van der Waals surface area contributed by atoms with Crippen LogP contribution >= 0.6 is 0 Å². The van der Waals surface area contributed by atoms with E-state index >= 15 is 0 Å². The molecule has 1 rings (SSSR count). The molecule has 3 atom stereocenters. The first-order valence-corrected chi connectivity index (χ1v) is 10.4. The fourth-order valence-electron chi connectivity index (χ4n) is 2.97. The van der Waals surface area contributed by atoms with Crippen molar-refractivity contribution in [1.82, 2.24) is 4.90 Å². The number of rotatable bonds is 4. The summed E-state index contributed by atoms with van der Waals surface area (Å²) in [6, 6.07) is -1.14. The van der Waals surface area contributed by atoms with Crippen molar-refractivity contribution in [3.8, 4) is 0 Å². The predicted octanol–water partition coefficient (Wildman–Crippen LogP) is 4.60. The Labute approximate surface area is 179 Å². The topological polar surface area (TPSA) is 91.4 Å². The summed E-state index contributed by atoms with van der Waals surface area (Å²) in [5.74, 6) is -0.687. The van der Waals surface area contributed by atoms with E-state index in [1.165, 1.54) is 0 Å². The van der Waals surface area contributed by atoms with Gasteiger partial charge in [-0.3, -0.25) is 0 Å². The molecule has 1 aliphatic heterocycles. The van der Waals surface area contributed by atoms with E-state index in [1.54, 1.807) is 54.5 Å². The number of ether oxygens (including phenoxy) is 4. The molecule has 0 aromatic rings. The predicted molar refractivity (Wildman–Crippen MR) is 112 cm³/mol. The highest BCUT2D eigenvalue weighted by Gasteiger charge is 2.42. The van der Waals surface area contributed by atoms with E-state index < -0.39 is 41.5 Å². The zero-order chi connectivity index (χ0) is 23.1. The average Bonchev–Trinajstić information content (AvgIpc) is 2.61. The molecule has 0 spiro atoms. The van der Waals surface area contributed by atoms with Crippen LogP contribution in [0.3, 0.4) is 0 Å². The Bertz CT molecular complexity index is 590. The minimum Gasteiger partial charge on any atom is -0.458 e. The number of nitrogens with zero attached hydrogens (tertiary/aromatic N) is 1. The molecule has 8 nitrogen and oxygen atoms in total. The van der Waals surface area contributed by atoms with Gasteiger partial charge in [0.15, 0.2) is 0 Å². The molecule has 0 aromatic carbocycles. The fraction of sp³-hybridized carbons (Fsp3) is 0.773. The second-order valence-electron chi connectivity index (χ2n) is 9.43. The van der Waals surface area contributed by atoms with Crippen LogP contribution in [0.5, 0.6) is 0 Å². The number of amides is 2. The highest BCUT2D eigenvalue weighted by atomic mass is 16.6. The van der Waals surface area contributed by atoms with E-state index in [9.17, 15) is 14.4 Å². The van der Waals surface area contributed by atoms with Crippen LogP contribution in [0.2, 0.25) is 0 Å². The number of hydrogen-bond donors (Lipinski definition) is 0. The van der Waals surface area contributed by atoms with Crippen molar-refractivity contribution in [2.75, 3.05) is 6.61 Å². The Morgan fingerprint density at radius 3 is 2.03 bits per heavy atom. The second-order valence-corrected chi connectivity index (χ2v) is 9.43. The van der Waals surface area contributed by atoms with Crippen LogP contribution in [0.15, 0.2) is 12.7 Å². The highest BCUT2D eigenvalue weighted by Crippen LogP contribution is 2.24. The van der Waals surface area contributed by atoms with E-state index in [0.717, 1.165) is 11.3 Å². The van der Waals surface area contributed by atoms with E-state index in [1.807, 2.05) is 0 Å². The third-order valence-corrected chi connectivity index (χ3v) is 4.23. The van der Waals surface area contributed by atoms with E-state index in [2.05, 4.69) is 6.58 Å². The minimum atomic E-state index is -1.14. The fourth-order valence-corrected chi connectivity index (χ4v) is 2.97. The van der Waals surface area contributed by atoms with E-state index in [0.29, 0.717) is 19.4 Å². The number of imide groups is 1. The first-order chi connectivity index (χ1) is 13.7. The van der Waals surface area contributed by atoms with Crippen molar-refractivity contribution in [2.45, 2.75) is 104 Å². The maximum atomic E-state index is 13.0. The number of carbonyl (C=O) groups excluding carboxylic acids is 3. The first kappa shape index (κ1) is 25.9. The Kier molecular flexibility index (Phi) is 9.34. The summed E-state index contributed by atoms with van der Waals surface area (Å²) in [5, 5.41) is 0. The van der Waals surface area contributed by atoms with Crippen molar-refractivity contribution in [3.63, 3.8) is 0 Å². The molecule has 0 bridgehead atoms. The lowest BCUT2D eigenvalue weighted by Crippen LogP contribution is -2.53. The van der Waals surface area contributed by atoms with Gasteiger partial charge in [0.25, 0.3) is 0 Å². The van der Waals surface area contributed by atoms with Crippen LogP contribution in [0.4, 0.5) is 9.59 Å². The molecule has 172 valence electrons. The minimum absolute atomic E-state index is 0.248. The van der Waals surface area contributed by atoms with Gasteiger partial charge in [0.2, 0.25) is 0 Å². The standard InChI is InChI=1S/C22H37NO7/c1-9-14-27-17-13-11-10-12-16(18(24)28-15(17)2)23(19(25)29-21(3,4)5)20(26)30-22(6,7)8/h9,15-17H,1,10-14H2,2-8H3/t15?,16-,17?/m0/s1. The molecule has 0 aliphatic carbocycles. The Morgan fingerprint density at radius 2 is 1.57 bits per heavy atom. The lowest BCUT2D eigenvalue weighted by Gasteiger charge is -2.32. The molecule has 30 heavy (non-hydrogen) atoms. The SMILES string of the molecule is C=CCOC1CCCC[C@H](N(C(=O)OC(C)(C)C)C(=O)OC(C)(C)C)C(=O)OC1C. The third kappa shape index (κ3) is 8.73. The van der Waals surface area contributed by atoms with Crippen molar-refractivity contribution >= 4 is 18.2 Å². The zero-order valence-corrected chi connectivity index (χ0v) is 19.4. The van der Waals surface area contributed by atoms with Crippen molar-refractivity contribution < 1.29 is 33.3 Å². The van der Waals surface area contributed by atoms with Gasteiger partial charge in [-0.25, -0.2) is 14.4 Å². The molecular weight excluding hydrogens is 390 g/mol. The largest absolute Gasteiger partial charge is 0.458 e. The molecule has 0 saturated carbocycles. The van der Waals surface area contributed by atoms with Gasteiger partial charge in [-0.05, 0) is 61.3 Å². The summed E-state index contributed by atoms with van der Waals surface area (Å²) in [4.78, 5) is 39.4. The number of hydrogen-bond acceptors (Lipinski definition) is 7. The van der Waals surface area contributed by atoms with Gasteiger partial charge in [0.05, 0.1) is 12.7 Å². The van der Waals surface area contributed by atoms with Crippen LogP contribution in [-0.2, 0) is 23.7 Å². The number of cyclic esters (lactones) is 1. The molecular formula is C22H37NO7. The lowest BCUT2D eigenvalue weighted by atomic mass is 10.0. The molecule has 0 aromatic heterocycles. The first-order valence-electron chi connectivity index (χ1n) is 10.4. The summed E-state index contributed by atoms with van der Waals surface area (Å²) in [6.07, 6.45) is 1.20. The number of esters is 1.